The molecular formula is C7H23N. The highest BCUT2D eigenvalue weighted by molar-refractivity contribution is 4.51. The first-order valence-electron chi connectivity index (χ1n) is 2.99. The Morgan fingerprint density at radius 1 is 1.12 bits per heavy atom. The molecule has 1 heteroatoms. The van der Waals surface area contributed by atoms with Gasteiger partial charge in [0.25, 0.3) is 0 Å². The van der Waals surface area contributed by atoms with Gasteiger partial charge in [0.2, 0.25) is 0 Å². The van der Waals surface area contributed by atoms with E-state index >= 15 is 0 Å². The molecule has 0 heterocycles. The van der Waals surface area contributed by atoms with Crippen LogP contribution in [0.1, 0.15) is 36.0 Å². The lowest BCUT2D eigenvalue weighted by molar-refractivity contribution is 1.50. The van der Waals surface area contributed by atoms with Gasteiger partial charge in [0.15, 0.2) is 0 Å². The van der Waals surface area contributed by atoms with Gasteiger partial charge in [-0.25, -0.2) is 0 Å². The third-order valence-corrected chi connectivity index (χ3v) is 0. The summed E-state index contributed by atoms with van der Waals surface area (Å²) in [4.78, 5) is 0. The lowest BCUT2D eigenvalue weighted by Gasteiger charge is -1.31. The van der Waals surface area contributed by atoms with Crippen LogP contribution in [0.5, 0.6) is 0 Å². The zero-order chi connectivity index (χ0) is 6.71. The molecule has 56 valence electrons. The van der Waals surface area contributed by atoms with E-state index in [1.54, 1.807) is 6.08 Å². The van der Waals surface area contributed by atoms with Gasteiger partial charge in [-0.15, -0.1) is 6.58 Å². The lowest BCUT2D eigenvalue weighted by Crippen LogP contribution is -1.07. The Labute approximate surface area is 55.9 Å². The molecule has 3 N–H and O–H groups in total. The molecular weight excluding hydrogens is 98.1 g/mol. The smallest absolute Gasteiger partial charge is 0 e. The quantitative estimate of drug-likeness (QED) is 0.488. The molecule has 0 spiro atoms. The lowest BCUT2D eigenvalue weighted by atomic mass is 10.8. The second kappa shape index (κ2) is 444. The van der Waals surface area contributed by atoms with Gasteiger partial charge >= 0.3 is 0 Å². The van der Waals surface area contributed by atoms with E-state index in [-0.39, 0.29) is 7.58 Å². The molecule has 0 aromatic heterocycles. The summed E-state index contributed by atoms with van der Waals surface area (Å²) in [5.41, 5.74) is 0. The Balaban J connectivity index is -0.00000000825. The van der Waals surface area contributed by atoms with Gasteiger partial charge in [-0.1, -0.05) is 33.8 Å². The average molecular weight is 121 g/mol. The van der Waals surface area contributed by atoms with Crippen LogP contribution in [0, 0.1) is 0 Å². The van der Waals surface area contributed by atoms with Crippen molar-refractivity contribution < 1.29 is 1.43 Å². The summed E-state index contributed by atoms with van der Waals surface area (Å²) in [7, 11) is 0. The summed E-state index contributed by atoms with van der Waals surface area (Å²) in [5.74, 6) is 0. The van der Waals surface area contributed by atoms with Crippen LogP contribution in [-0.2, 0) is 0 Å². The first kappa shape index (κ1) is 25.2. The molecule has 8 heavy (non-hydrogen) atoms. The van der Waals surface area contributed by atoms with E-state index in [1.165, 1.54) is 0 Å². The maximum absolute atomic E-state index is 3.36. The number of hydrogen-bond acceptors (Lipinski definition) is 1. The van der Waals surface area contributed by atoms with Gasteiger partial charge in [-0.2, -0.15) is 0 Å². The highest BCUT2D eigenvalue weighted by Crippen LogP contribution is 1.38. The summed E-state index contributed by atoms with van der Waals surface area (Å²) in [6, 6.07) is 0. The molecule has 0 aliphatic rings. The van der Waals surface area contributed by atoms with Crippen LogP contribution in [0.4, 0.5) is 0 Å². The van der Waals surface area contributed by atoms with E-state index in [0.29, 0.717) is 0 Å². The van der Waals surface area contributed by atoms with Gasteiger partial charge in [-0.3, -0.25) is 0 Å². The summed E-state index contributed by atoms with van der Waals surface area (Å²) in [6.07, 6.45) is 1.75. The molecule has 0 radical (unpaired) electrons. The van der Waals surface area contributed by atoms with Gasteiger partial charge in [0, 0.05) is 1.43 Å². The van der Waals surface area contributed by atoms with Crippen LogP contribution < -0.4 is 6.15 Å². The molecule has 0 bridgehead atoms. The van der Waals surface area contributed by atoms with Crippen LogP contribution >= 0.6 is 0 Å². The highest BCUT2D eigenvalue weighted by Gasteiger charge is 1.15. The fourth-order valence-electron chi connectivity index (χ4n) is 0. The molecule has 0 aliphatic heterocycles. The summed E-state index contributed by atoms with van der Waals surface area (Å²) in [5, 5.41) is 0. The Bertz CT molecular complexity index is 16.4. The van der Waals surface area contributed by atoms with Crippen LogP contribution in [0.15, 0.2) is 12.7 Å². The van der Waals surface area contributed by atoms with Crippen molar-refractivity contribution in [1.82, 2.24) is 6.15 Å². The van der Waals surface area contributed by atoms with Crippen LogP contribution in [0.3, 0.4) is 0 Å². The zero-order valence-corrected chi connectivity index (χ0v) is 6.99. The van der Waals surface area contributed by atoms with Crippen molar-refractivity contribution in [2.45, 2.75) is 34.6 Å². The van der Waals surface area contributed by atoms with E-state index in [1.807, 2.05) is 34.6 Å². The maximum atomic E-state index is 3.36. The Hall–Kier alpha value is -0.300. The third kappa shape index (κ3) is 1400. The Kier molecular flexibility index (Phi) is 1400. The predicted octanol–water partition coefficient (Wildman–Crippen LogP) is 3.65. The Morgan fingerprint density at radius 2 is 1.12 bits per heavy atom. The molecule has 0 amide bonds. The van der Waals surface area contributed by atoms with Gasteiger partial charge < -0.3 is 6.15 Å². The zero-order valence-electron chi connectivity index (χ0n) is 6.99. The van der Waals surface area contributed by atoms with E-state index < -0.39 is 0 Å². The standard InChI is InChI=1S/C3H6.2C2H6.H3N.H2/c1-3-2;2*1-2;;/h3H,1H2,2H3;2*1-2H3;1H3;1H. The molecule has 0 atom stereocenters. The first-order chi connectivity index (χ1) is 3.41. The minimum atomic E-state index is 0. The van der Waals surface area contributed by atoms with Crippen molar-refractivity contribution in [3.63, 3.8) is 0 Å². The Morgan fingerprint density at radius 3 is 1.12 bits per heavy atom. The van der Waals surface area contributed by atoms with E-state index in [2.05, 4.69) is 6.58 Å². The largest absolute Gasteiger partial charge is 0.344 e. The molecule has 0 saturated carbocycles. The van der Waals surface area contributed by atoms with Crippen molar-refractivity contribution >= 4 is 0 Å². The van der Waals surface area contributed by atoms with Gasteiger partial charge in [0.1, 0.15) is 0 Å². The minimum absolute atomic E-state index is 0. The predicted molar refractivity (Wildman–Crippen MR) is 45.7 cm³/mol. The normalized spacial score (nSPS) is 3.12. The van der Waals surface area contributed by atoms with Crippen LogP contribution in [0.2, 0.25) is 0 Å². The summed E-state index contributed by atoms with van der Waals surface area (Å²) in [6.45, 7) is 13.2. The SMILES string of the molecule is C=CC.CC.CC.N.[HH]. The van der Waals surface area contributed by atoms with Crippen molar-refractivity contribution in [2.75, 3.05) is 0 Å². The highest BCUT2D eigenvalue weighted by atomic mass is 14.0. The van der Waals surface area contributed by atoms with E-state index in [4.69, 9.17) is 0 Å². The first-order valence-corrected chi connectivity index (χ1v) is 2.99. The second-order valence-electron chi connectivity index (χ2n) is 0.408. The fourth-order valence-corrected chi connectivity index (χ4v) is 0. The number of hydrogen-bond donors (Lipinski definition) is 1. The molecule has 1 nitrogen and oxygen atoms in total. The van der Waals surface area contributed by atoms with Crippen molar-refractivity contribution in [3.8, 4) is 0 Å². The molecule has 0 fully saturated rings. The van der Waals surface area contributed by atoms with E-state index in [9.17, 15) is 0 Å². The molecule has 0 aliphatic carbocycles. The van der Waals surface area contributed by atoms with Gasteiger partial charge in [0.05, 0.1) is 0 Å². The molecule has 0 rings (SSSR count). The summed E-state index contributed by atoms with van der Waals surface area (Å²) < 4.78 is 0. The fraction of sp³-hybridized carbons (Fsp3) is 0.714. The third-order valence-electron chi connectivity index (χ3n) is 0. The van der Waals surface area contributed by atoms with Crippen molar-refractivity contribution in [1.29, 1.82) is 0 Å². The topological polar surface area (TPSA) is 35.0 Å². The second-order valence-corrected chi connectivity index (χ2v) is 0.408. The van der Waals surface area contributed by atoms with Crippen LogP contribution in [0.25, 0.3) is 0 Å². The number of rotatable bonds is 0. The van der Waals surface area contributed by atoms with Crippen molar-refractivity contribution in [3.05, 3.63) is 12.7 Å². The molecule has 0 unspecified atom stereocenters. The monoisotopic (exact) mass is 121 g/mol. The average Bonchev–Trinajstić information content (AvgIpc) is 1.78. The summed E-state index contributed by atoms with van der Waals surface area (Å²) >= 11 is 0. The minimum Gasteiger partial charge on any atom is -0.344 e. The maximum Gasteiger partial charge on any atom is 0 e. The number of allylic oxidation sites excluding steroid dienone is 1. The van der Waals surface area contributed by atoms with Crippen LogP contribution in [-0.4, -0.2) is 0 Å². The molecule has 0 aromatic rings. The van der Waals surface area contributed by atoms with Gasteiger partial charge in [-0.05, 0) is 6.92 Å². The van der Waals surface area contributed by atoms with Crippen molar-refractivity contribution in [2.24, 2.45) is 0 Å². The molecule has 0 saturated heterocycles. The molecule has 0 aromatic carbocycles. The van der Waals surface area contributed by atoms with E-state index in [0.717, 1.165) is 0 Å².